The van der Waals surface area contributed by atoms with Gasteiger partial charge in [0.25, 0.3) is 11.8 Å². The van der Waals surface area contributed by atoms with Gasteiger partial charge in [0, 0.05) is 5.69 Å². The maximum absolute atomic E-state index is 13.6. The van der Waals surface area contributed by atoms with Crippen molar-refractivity contribution < 1.29 is 19.1 Å². The number of carbonyl (C=O) groups is 3. The van der Waals surface area contributed by atoms with Gasteiger partial charge in [-0.1, -0.05) is 49.4 Å². The number of anilines is 2. The number of amides is 2. The molecule has 0 saturated heterocycles. The maximum atomic E-state index is 13.6. The number of rotatable bonds is 7. The Morgan fingerprint density at radius 3 is 2.29 bits per heavy atom. The van der Waals surface area contributed by atoms with Gasteiger partial charge in [0.2, 0.25) is 0 Å². The fourth-order valence-corrected chi connectivity index (χ4v) is 3.78. The fraction of sp³-hybridized carbons (Fsp3) is 0.179. The van der Waals surface area contributed by atoms with Gasteiger partial charge in [-0.3, -0.25) is 9.59 Å². The van der Waals surface area contributed by atoms with E-state index < -0.39 is 17.8 Å². The van der Waals surface area contributed by atoms with Gasteiger partial charge in [0.15, 0.2) is 0 Å². The fourth-order valence-electron chi connectivity index (χ4n) is 3.78. The molecule has 0 unspecified atom stereocenters. The number of ether oxygens (including phenoxy) is 1. The molecule has 6 heteroatoms. The molecular formula is C28H26N2O4. The van der Waals surface area contributed by atoms with E-state index in [4.69, 9.17) is 4.74 Å². The smallest absolute Gasteiger partial charge is 0.338 e. The van der Waals surface area contributed by atoms with E-state index in [0.717, 1.165) is 28.1 Å². The lowest BCUT2D eigenvalue weighted by molar-refractivity contribution is -0.120. The van der Waals surface area contributed by atoms with Crippen molar-refractivity contribution in [2.75, 3.05) is 16.8 Å². The van der Waals surface area contributed by atoms with E-state index in [1.54, 1.807) is 24.3 Å². The zero-order valence-electron chi connectivity index (χ0n) is 19.4. The van der Waals surface area contributed by atoms with Crippen LogP contribution in [0.3, 0.4) is 0 Å². The molecule has 0 aliphatic carbocycles. The molecule has 0 saturated carbocycles. The van der Waals surface area contributed by atoms with E-state index in [9.17, 15) is 14.4 Å². The minimum absolute atomic E-state index is 0.219. The SMILES string of the molecule is CCCOC(=O)c1ccc(N2C(=O)C(Nc3cc(C)ccc3C)=C(c3ccccc3)C2=O)cc1. The van der Waals surface area contributed by atoms with Crippen molar-refractivity contribution in [3.05, 3.63) is 101 Å². The molecule has 172 valence electrons. The molecule has 2 amide bonds. The molecule has 0 atom stereocenters. The molecule has 1 aliphatic heterocycles. The van der Waals surface area contributed by atoms with E-state index in [-0.39, 0.29) is 5.70 Å². The number of benzene rings is 3. The number of aryl methyl sites for hydroxylation is 2. The van der Waals surface area contributed by atoms with Crippen LogP contribution in [0.15, 0.2) is 78.5 Å². The molecular weight excluding hydrogens is 428 g/mol. The Labute approximate surface area is 198 Å². The summed E-state index contributed by atoms with van der Waals surface area (Å²) >= 11 is 0. The molecule has 1 N–H and O–H groups in total. The molecule has 0 radical (unpaired) electrons. The summed E-state index contributed by atoms with van der Waals surface area (Å²) in [7, 11) is 0. The van der Waals surface area contributed by atoms with Gasteiger partial charge in [-0.2, -0.15) is 0 Å². The van der Waals surface area contributed by atoms with E-state index in [1.165, 1.54) is 0 Å². The summed E-state index contributed by atoms with van der Waals surface area (Å²) in [5.74, 6) is -1.32. The van der Waals surface area contributed by atoms with E-state index in [0.29, 0.717) is 29.0 Å². The van der Waals surface area contributed by atoms with Crippen molar-refractivity contribution in [3.63, 3.8) is 0 Å². The third-order valence-corrected chi connectivity index (χ3v) is 5.60. The van der Waals surface area contributed by atoms with Gasteiger partial charge in [0.05, 0.1) is 23.4 Å². The van der Waals surface area contributed by atoms with Gasteiger partial charge in [-0.25, -0.2) is 9.69 Å². The lowest BCUT2D eigenvalue weighted by Crippen LogP contribution is -2.32. The molecule has 0 bridgehead atoms. The summed E-state index contributed by atoms with van der Waals surface area (Å²) in [6.45, 7) is 6.17. The number of hydrogen-bond acceptors (Lipinski definition) is 5. The lowest BCUT2D eigenvalue weighted by Gasteiger charge is -2.16. The molecule has 0 aromatic heterocycles. The molecule has 3 aromatic rings. The van der Waals surface area contributed by atoms with Crippen molar-refractivity contribution in [2.24, 2.45) is 0 Å². The number of carbonyl (C=O) groups excluding carboxylic acids is 3. The summed E-state index contributed by atoms with van der Waals surface area (Å²) < 4.78 is 5.16. The Kier molecular flexibility index (Phi) is 6.59. The van der Waals surface area contributed by atoms with E-state index >= 15 is 0 Å². The molecule has 6 nitrogen and oxygen atoms in total. The second kappa shape index (κ2) is 9.75. The minimum Gasteiger partial charge on any atom is -0.462 e. The van der Waals surface area contributed by atoms with Crippen molar-refractivity contribution >= 4 is 34.7 Å². The second-order valence-electron chi connectivity index (χ2n) is 8.19. The first-order chi connectivity index (χ1) is 16.4. The van der Waals surface area contributed by atoms with Crippen LogP contribution in [0.5, 0.6) is 0 Å². The summed E-state index contributed by atoms with van der Waals surface area (Å²) in [4.78, 5) is 40.4. The highest BCUT2D eigenvalue weighted by Gasteiger charge is 2.40. The van der Waals surface area contributed by atoms with Gasteiger partial charge in [0.1, 0.15) is 5.70 Å². The zero-order valence-corrected chi connectivity index (χ0v) is 19.4. The van der Waals surface area contributed by atoms with Gasteiger partial charge < -0.3 is 10.1 Å². The second-order valence-corrected chi connectivity index (χ2v) is 8.19. The van der Waals surface area contributed by atoms with Gasteiger partial charge >= 0.3 is 5.97 Å². The minimum atomic E-state index is -0.453. The molecule has 4 rings (SSSR count). The number of hydrogen-bond donors (Lipinski definition) is 1. The van der Waals surface area contributed by atoms with Crippen LogP contribution in [0.1, 0.15) is 40.4 Å². The number of nitrogens with zero attached hydrogens (tertiary/aromatic N) is 1. The van der Waals surface area contributed by atoms with Crippen LogP contribution >= 0.6 is 0 Å². The molecule has 1 heterocycles. The van der Waals surface area contributed by atoms with Gasteiger partial charge in [-0.05, 0) is 67.3 Å². The predicted molar refractivity (Wildman–Crippen MR) is 132 cm³/mol. The Bertz CT molecular complexity index is 1280. The lowest BCUT2D eigenvalue weighted by atomic mass is 10.0. The van der Waals surface area contributed by atoms with Crippen LogP contribution in [0, 0.1) is 13.8 Å². The van der Waals surface area contributed by atoms with Crippen LogP contribution < -0.4 is 10.2 Å². The molecule has 0 spiro atoms. The average molecular weight is 455 g/mol. The predicted octanol–water partition coefficient (Wildman–Crippen LogP) is 5.27. The summed E-state index contributed by atoms with van der Waals surface area (Å²) in [6, 6.07) is 21.3. The first-order valence-electron chi connectivity index (χ1n) is 11.2. The van der Waals surface area contributed by atoms with Gasteiger partial charge in [-0.15, -0.1) is 0 Å². The van der Waals surface area contributed by atoms with E-state index in [2.05, 4.69) is 5.32 Å². The standard InChI is InChI=1S/C28H26N2O4/c1-4-16-34-28(33)21-12-14-22(15-13-21)30-26(31)24(20-8-6-5-7-9-20)25(27(30)32)29-23-17-18(2)10-11-19(23)3/h5-15,17,29H,4,16H2,1-3H3. The molecule has 3 aromatic carbocycles. The van der Waals surface area contributed by atoms with Crippen LogP contribution in [0.25, 0.3) is 5.57 Å². The highest BCUT2D eigenvalue weighted by Crippen LogP contribution is 2.34. The number of nitrogens with one attached hydrogen (secondary N) is 1. The molecule has 0 fully saturated rings. The summed E-state index contributed by atoms with van der Waals surface area (Å²) in [6.07, 6.45) is 0.727. The average Bonchev–Trinajstić information content (AvgIpc) is 3.09. The first-order valence-corrected chi connectivity index (χ1v) is 11.2. The topological polar surface area (TPSA) is 75.7 Å². The van der Waals surface area contributed by atoms with Crippen molar-refractivity contribution in [1.82, 2.24) is 0 Å². The Balaban J connectivity index is 1.71. The highest BCUT2D eigenvalue weighted by molar-refractivity contribution is 6.46. The number of imide groups is 1. The monoisotopic (exact) mass is 454 g/mol. The molecule has 1 aliphatic rings. The van der Waals surface area contributed by atoms with Crippen LogP contribution in [0.2, 0.25) is 0 Å². The quantitative estimate of drug-likeness (QED) is 0.389. The first kappa shape index (κ1) is 23.0. The largest absolute Gasteiger partial charge is 0.462 e. The van der Waals surface area contributed by atoms with Crippen molar-refractivity contribution in [1.29, 1.82) is 0 Å². The van der Waals surface area contributed by atoms with Crippen LogP contribution in [-0.4, -0.2) is 24.4 Å². The Hall–Kier alpha value is -4.19. The molecule has 34 heavy (non-hydrogen) atoms. The highest BCUT2D eigenvalue weighted by atomic mass is 16.5. The normalized spacial score (nSPS) is 13.4. The Morgan fingerprint density at radius 2 is 1.62 bits per heavy atom. The third-order valence-electron chi connectivity index (χ3n) is 5.60. The van der Waals surface area contributed by atoms with Crippen molar-refractivity contribution in [2.45, 2.75) is 27.2 Å². The maximum Gasteiger partial charge on any atom is 0.338 e. The van der Waals surface area contributed by atoms with Crippen LogP contribution in [-0.2, 0) is 14.3 Å². The third kappa shape index (κ3) is 4.48. The summed E-state index contributed by atoms with van der Waals surface area (Å²) in [5, 5.41) is 3.22. The van der Waals surface area contributed by atoms with Crippen molar-refractivity contribution in [3.8, 4) is 0 Å². The zero-order chi connectivity index (χ0) is 24.2. The Morgan fingerprint density at radius 1 is 0.912 bits per heavy atom. The summed E-state index contributed by atoms with van der Waals surface area (Å²) in [5.41, 5.74) is 4.67. The van der Waals surface area contributed by atoms with E-state index in [1.807, 2.05) is 69.3 Å². The van der Waals surface area contributed by atoms with Crippen LogP contribution in [0.4, 0.5) is 11.4 Å². The number of esters is 1.